The maximum atomic E-state index is 6.00. The number of aromatic amines is 1. The molecule has 0 aliphatic heterocycles. The summed E-state index contributed by atoms with van der Waals surface area (Å²) in [6, 6.07) is 6.38. The van der Waals surface area contributed by atoms with Gasteiger partial charge < -0.3 is 10.3 Å². The molecule has 100 valence electrons. The van der Waals surface area contributed by atoms with Gasteiger partial charge in [-0.05, 0) is 30.5 Å². The van der Waals surface area contributed by atoms with E-state index in [1.54, 1.807) is 0 Å². The lowest BCUT2D eigenvalue weighted by molar-refractivity contribution is 0.676. The third-order valence-electron chi connectivity index (χ3n) is 3.20. The Morgan fingerprint density at radius 3 is 2.84 bits per heavy atom. The molecule has 1 heterocycles. The number of H-pyrrole nitrogens is 1. The number of aromatic nitrogens is 2. The van der Waals surface area contributed by atoms with Crippen LogP contribution in [0, 0.1) is 0 Å². The van der Waals surface area contributed by atoms with Gasteiger partial charge in [-0.1, -0.05) is 29.3 Å². The minimum atomic E-state index is 0.583. The van der Waals surface area contributed by atoms with Gasteiger partial charge in [0.2, 0.25) is 0 Å². The van der Waals surface area contributed by atoms with Crippen molar-refractivity contribution in [1.82, 2.24) is 15.3 Å². The van der Waals surface area contributed by atoms with Crippen LogP contribution in [0.15, 0.2) is 24.4 Å². The van der Waals surface area contributed by atoms with Gasteiger partial charge in [-0.15, -0.1) is 0 Å². The molecule has 0 radical (unpaired) electrons. The lowest BCUT2D eigenvalue weighted by Crippen LogP contribution is -2.15. The molecule has 2 aromatic rings. The second kappa shape index (κ2) is 5.53. The van der Waals surface area contributed by atoms with Gasteiger partial charge in [0.15, 0.2) is 0 Å². The van der Waals surface area contributed by atoms with Crippen LogP contribution < -0.4 is 5.32 Å². The van der Waals surface area contributed by atoms with E-state index in [-0.39, 0.29) is 0 Å². The van der Waals surface area contributed by atoms with E-state index in [9.17, 15) is 0 Å². The Balaban J connectivity index is 1.63. The molecule has 1 aliphatic carbocycles. The van der Waals surface area contributed by atoms with Crippen LogP contribution in [0.25, 0.3) is 0 Å². The second-order valence-electron chi connectivity index (χ2n) is 4.94. The van der Waals surface area contributed by atoms with Crippen molar-refractivity contribution in [3.63, 3.8) is 0 Å². The van der Waals surface area contributed by atoms with Crippen molar-refractivity contribution in [3.8, 4) is 0 Å². The standard InChI is InChI=1S/C14H15Cl2N3/c15-12-4-1-9(5-13(12)16)6-14-18-8-11(19-14)7-17-10-2-3-10/h1,4-5,8,10,17H,2-3,6-7H2,(H,18,19). The van der Waals surface area contributed by atoms with Crippen LogP contribution in [0.2, 0.25) is 10.0 Å². The monoisotopic (exact) mass is 295 g/mol. The van der Waals surface area contributed by atoms with E-state index in [2.05, 4.69) is 15.3 Å². The summed E-state index contributed by atoms with van der Waals surface area (Å²) in [5.41, 5.74) is 2.23. The maximum Gasteiger partial charge on any atom is 0.110 e. The summed E-state index contributed by atoms with van der Waals surface area (Å²) in [6.45, 7) is 0.860. The van der Waals surface area contributed by atoms with E-state index in [1.165, 1.54) is 12.8 Å². The van der Waals surface area contributed by atoms with Gasteiger partial charge in [0, 0.05) is 30.9 Å². The van der Waals surface area contributed by atoms with Crippen LogP contribution in [0.1, 0.15) is 29.9 Å². The maximum absolute atomic E-state index is 6.00. The zero-order valence-corrected chi connectivity index (χ0v) is 11.9. The molecule has 3 nitrogen and oxygen atoms in total. The van der Waals surface area contributed by atoms with Crippen LogP contribution in [0.3, 0.4) is 0 Å². The molecule has 1 aromatic heterocycles. The normalized spacial score (nSPS) is 14.8. The highest BCUT2D eigenvalue weighted by Crippen LogP contribution is 2.23. The topological polar surface area (TPSA) is 40.7 Å². The van der Waals surface area contributed by atoms with Crippen molar-refractivity contribution in [2.75, 3.05) is 0 Å². The highest BCUT2D eigenvalue weighted by atomic mass is 35.5. The smallest absolute Gasteiger partial charge is 0.110 e. The van der Waals surface area contributed by atoms with E-state index in [0.29, 0.717) is 16.1 Å². The highest BCUT2D eigenvalue weighted by molar-refractivity contribution is 6.42. The molecule has 1 aliphatic rings. The third-order valence-corrected chi connectivity index (χ3v) is 3.93. The number of imidazole rings is 1. The van der Waals surface area contributed by atoms with Crippen LogP contribution in [0.5, 0.6) is 0 Å². The largest absolute Gasteiger partial charge is 0.345 e. The van der Waals surface area contributed by atoms with E-state index in [1.807, 2.05) is 24.4 Å². The lowest BCUT2D eigenvalue weighted by Gasteiger charge is -2.01. The van der Waals surface area contributed by atoms with E-state index < -0.39 is 0 Å². The molecule has 0 amide bonds. The first kappa shape index (κ1) is 13.0. The van der Waals surface area contributed by atoms with E-state index in [0.717, 1.165) is 30.0 Å². The van der Waals surface area contributed by atoms with Crippen molar-refractivity contribution >= 4 is 23.2 Å². The average molecular weight is 296 g/mol. The molecule has 1 fully saturated rings. The molecule has 0 saturated heterocycles. The molecule has 0 spiro atoms. The number of nitrogens with one attached hydrogen (secondary N) is 2. The molecule has 2 N–H and O–H groups in total. The number of hydrogen-bond acceptors (Lipinski definition) is 2. The summed E-state index contributed by atoms with van der Waals surface area (Å²) in [6.07, 6.45) is 5.22. The quantitative estimate of drug-likeness (QED) is 0.885. The number of hydrogen-bond donors (Lipinski definition) is 2. The molecular weight excluding hydrogens is 281 g/mol. The zero-order valence-electron chi connectivity index (χ0n) is 10.4. The van der Waals surface area contributed by atoms with Gasteiger partial charge in [0.05, 0.1) is 10.0 Å². The summed E-state index contributed by atoms with van der Waals surface area (Å²) in [4.78, 5) is 7.72. The van der Waals surface area contributed by atoms with Gasteiger partial charge in [-0.25, -0.2) is 4.98 Å². The molecule has 0 unspecified atom stereocenters. The molecule has 0 atom stereocenters. The Morgan fingerprint density at radius 2 is 2.11 bits per heavy atom. The van der Waals surface area contributed by atoms with Gasteiger partial charge in [0.1, 0.15) is 5.82 Å². The Labute approximate surface area is 122 Å². The SMILES string of the molecule is Clc1ccc(Cc2ncc(CNC3CC3)[nH]2)cc1Cl. The summed E-state index contributed by atoms with van der Waals surface area (Å²) in [5, 5.41) is 4.62. The predicted molar refractivity (Wildman–Crippen MR) is 77.7 cm³/mol. The fourth-order valence-corrected chi connectivity index (χ4v) is 2.29. The summed E-state index contributed by atoms with van der Waals surface area (Å²) >= 11 is 11.9. The molecular formula is C14H15Cl2N3. The average Bonchev–Trinajstić information content (AvgIpc) is 3.12. The number of rotatable bonds is 5. The number of halogens is 2. The van der Waals surface area contributed by atoms with Gasteiger partial charge in [0.25, 0.3) is 0 Å². The van der Waals surface area contributed by atoms with Crippen molar-refractivity contribution in [1.29, 1.82) is 0 Å². The van der Waals surface area contributed by atoms with Crippen LogP contribution in [-0.2, 0) is 13.0 Å². The Morgan fingerprint density at radius 1 is 1.26 bits per heavy atom. The number of nitrogens with zero attached hydrogens (tertiary/aromatic N) is 1. The third kappa shape index (κ3) is 3.50. The molecule has 3 rings (SSSR count). The minimum absolute atomic E-state index is 0.583. The van der Waals surface area contributed by atoms with Gasteiger partial charge in [-0.2, -0.15) is 0 Å². The second-order valence-corrected chi connectivity index (χ2v) is 5.75. The van der Waals surface area contributed by atoms with Crippen molar-refractivity contribution in [2.24, 2.45) is 0 Å². The van der Waals surface area contributed by atoms with Gasteiger partial charge in [-0.3, -0.25) is 0 Å². The number of benzene rings is 1. The Kier molecular flexibility index (Phi) is 3.78. The van der Waals surface area contributed by atoms with Gasteiger partial charge >= 0.3 is 0 Å². The Hall–Kier alpha value is -1.03. The first-order valence-corrected chi connectivity index (χ1v) is 7.16. The van der Waals surface area contributed by atoms with Crippen LogP contribution in [0.4, 0.5) is 0 Å². The predicted octanol–water partition coefficient (Wildman–Crippen LogP) is 3.56. The van der Waals surface area contributed by atoms with E-state index in [4.69, 9.17) is 23.2 Å². The summed E-state index contributed by atoms with van der Waals surface area (Å²) < 4.78 is 0. The van der Waals surface area contributed by atoms with Crippen LogP contribution >= 0.6 is 23.2 Å². The molecule has 0 bridgehead atoms. The molecule has 19 heavy (non-hydrogen) atoms. The van der Waals surface area contributed by atoms with E-state index >= 15 is 0 Å². The summed E-state index contributed by atoms with van der Waals surface area (Å²) in [5.74, 6) is 0.950. The Bertz CT molecular complexity index is 576. The van der Waals surface area contributed by atoms with Crippen molar-refractivity contribution in [2.45, 2.75) is 31.8 Å². The fraction of sp³-hybridized carbons (Fsp3) is 0.357. The first-order valence-electron chi connectivity index (χ1n) is 6.41. The zero-order chi connectivity index (χ0) is 13.2. The van der Waals surface area contributed by atoms with Crippen molar-refractivity contribution < 1.29 is 0 Å². The molecule has 5 heteroatoms. The first-order chi connectivity index (χ1) is 9.20. The lowest BCUT2D eigenvalue weighted by atomic mass is 10.1. The highest BCUT2D eigenvalue weighted by Gasteiger charge is 2.20. The fourth-order valence-electron chi connectivity index (χ4n) is 1.97. The summed E-state index contributed by atoms with van der Waals surface area (Å²) in [7, 11) is 0. The van der Waals surface area contributed by atoms with Crippen molar-refractivity contribution in [3.05, 3.63) is 51.5 Å². The molecule has 1 aromatic carbocycles. The van der Waals surface area contributed by atoms with Crippen LogP contribution in [-0.4, -0.2) is 16.0 Å². The molecule has 1 saturated carbocycles. The minimum Gasteiger partial charge on any atom is -0.345 e.